The maximum Gasteiger partial charge on any atom is 0.351 e. The topological polar surface area (TPSA) is 84.7 Å². The number of fused-ring (bicyclic) bond motifs is 3. The number of rotatable bonds is 5. The molecule has 31 heavy (non-hydrogen) atoms. The van der Waals surface area contributed by atoms with Gasteiger partial charge in [0.05, 0.1) is 38.8 Å². The fourth-order valence-electron chi connectivity index (χ4n) is 3.96. The predicted octanol–water partition coefficient (Wildman–Crippen LogP) is 2.33. The lowest BCUT2D eigenvalue weighted by Crippen LogP contribution is -2.34. The molecule has 2 aliphatic heterocycles. The van der Waals surface area contributed by atoms with Crippen molar-refractivity contribution in [1.29, 1.82) is 0 Å². The van der Waals surface area contributed by atoms with Gasteiger partial charge in [0.2, 0.25) is 5.88 Å². The van der Waals surface area contributed by atoms with Gasteiger partial charge < -0.3 is 18.9 Å². The molecule has 1 atom stereocenters. The molecule has 8 nitrogen and oxygen atoms in total. The molecule has 5 rings (SSSR count). The maximum atomic E-state index is 12.6. The van der Waals surface area contributed by atoms with Crippen molar-refractivity contribution in [3.63, 3.8) is 0 Å². The van der Waals surface area contributed by atoms with Gasteiger partial charge in [-0.1, -0.05) is 18.2 Å². The molecule has 0 spiro atoms. The number of hydrogen-bond donors (Lipinski definition) is 0. The summed E-state index contributed by atoms with van der Waals surface area (Å²) in [5.41, 5.74) is 4.72. The molecule has 0 N–H and O–H groups in total. The van der Waals surface area contributed by atoms with Crippen molar-refractivity contribution in [2.24, 2.45) is 0 Å². The molecule has 0 aliphatic carbocycles. The minimum Gasteiger partial charge on any atom is -0.495 e. The Morgan fingerprint density at radius 1 is 1.16 bits per heavy atom. The van der Waals surface area contributed by atoms with Crippen molar-refractivity contribution in [2.75, 3.05) is 33.5 Å². The summed E-state index contributed by atoms with van der Waals surface area (Å²) in [4.78, 5) is 20.9. The summed E-state index contributed by atoms with van der Waals surface area (Å²) in [5.74, 6) is 1.02. The van der Waals surface area contributed by atoms with Crippen molar-refractivity contribution >= 4 is 0 Å². The van der Waals surface area contributed by atoms with Gasteiger partial charge in [0.15, 0.2) is 0 Å². The second kappa shape index (κ2) is 8.49. The number of benzene rings is 1. The van der Waals surface area contributed by atoms with E-state index < -0.39 is 0 Å². The summed E-state index contributed by atoms with van der Waals surface area (Å²) in [5, 5.41) is 0. The molecule has 0 bridgehead atoms. The Hall–Kier alpha value is -3.23. The Bertz CT molecular complexity index is 1150. The average molecular weight is 421 g/mol. The summed E-state index contributed by atoms with van der Waals surface area (Å²) in [6.07, 6.45) is 4.10. The Morgan fingerprint density at radius 3 is 2.94 bits per heavy atom. The van der Waals surface area contributed by atoms with Crippen molar-refractivity contribution in [2.45, 2.75) is 19.1 Å². The third kappa shape index (κ3) is 4.04. The largest absolute Gasteiger partial charge is 0.495 e. The van der Waals surface area contributed by atoms with Gasteiger partial charge >= 0.3 is 5.69 Å². The highest BCUT2D eigenvalue weighted by Crippen LogP contribution is 2.33. The van der Waals surface area contributed by atoms with Crippen LogP contribution >= 0.6 is 0 Å². The van der Waals surface area contributed by atoms with Crippen LogP contribution in [0.25, 0.3) is 22.4 Å². The first-order valence-corrected chi connectivity index (χ1v) is 10.3. The number of aromatic nitrogens is 3. The van der Waals surface area contributed by atoms with Crippen LogP contribution in [0.4, 0.5) is 0 Å². The lowest BCUT2D eigenvalue weighted by molar-refractivity contribution is -0.102. The number of hydrogen-bond acceptors (Lipinski definition) is 7. The predicted molar refractivity (Wildman–Crippen MR) is 113 cm³/mol. The molecular weight excluding hydrogens is 398 g/mol. The summed E-state index contributed by atoms with van der Waals surface area (Å²) in [6.45, 7) is 2.50. The first-order valence-electron chi connectivity index (χ1n) is 10.3. The standard InChI is InChI=1S/C23H23N3O5/c1-28-18-9-17(11-24-12-18)15-2-3-20-16(8-15)4-5-26-21(20)10-22(25-23(26)27)31-14-19-13-29-6-7-30-19/h2-3,8-12,19H,4-7,13-14H2,1H3. The second-order valence-electron chi connectivity index (χ2n) is 7.53. The third-order valence-electron chi connectivity index (χ3n) is 5.56. The van der Waals surface area contributed by atoms with E-state index in [1.807, 2.05) is 30.5 Å². The Labute approximate surface area is 179 Å². The first kappa shape index (κ1) is 19.7. The van der Waals surface area contributed by atoms with Gasteiger partial charge in [-0.05, 0) is 23.6 Å². The highest BCUT2D eigenvalue weighted by molar-refractivity contribution is 5.73. The molecule has 160 valence electrons. The van der Waals surface area contributed by atoms with Crippen LogP contribution < -0.4 is 15.2 Å². The second-order valence-corrected chi connectivity index (χ2v) is 7.53. The van der Waals surface area contributed by atoms with Crippen LogP contribution in [0.15, 0.2) is 47.5 Å². The van der Waals surface area contributed by atoms with Gasteiger partial charge in [-0.15, -0.1) is 0 Å². The molecule has 1 fully saturated rings. The molecule has 0 amide bonds. The Morgan fingerprint density at radius 2 is 2.10 bits per heavy atom. The maximum absolute atomic E-state index is 12.6. The quantitative estimate of drug-likeness (QED) is 0.625. The van der Waals surface area contributed by atoms with Gasteiger partial charge in [0.1, 0.15) is 18.5 Å². The van der Waals surface area contributed by atoms with Crippen LogP contribution in [-0.4, -0.2) is 54.2 Å². The van der Waals surface area contributed by atoms with E-state index in [0.717, 1.165) is 28.8 Å². The van der Waals surface area contributed by atoms with E-state index in [0.29, 0.717) is 44.6 Å². The molecule has 8 heteroatoms. The molecule has 0 saturated carbocycles. The van der Waals surface area contributed by atoms with Crippen molar-refractivity contribution in [1.82, 2.24) is 14.5 Å². The average Bonchev–Trinajstić information content (AvgIpc) is 2.83. The van der Waals surface area contributed by atoms with E-state index in [1.54, 1.807) is 17.9 Å². The van der Waals surface area contributed by atoms with E-state index in [9.17, 15) is 4.79 Å². The van der Waals surface area contributed by atoms with Gasteiger partial charge in [-0.2, -0.15) is 4.98 Å². The number of ether oxygens (including phenoxy) is 4. The summed E-state index contributed by atoms with van der Waals surface area (Å²) in [6, 6.07) is 10.0. The number of pyridine rings is 1. The molecule has 2 aromatic heterocycles. The Kier molecular flexibility index (Phi) is 5.40. The minimum atomic E-state index is -0.306. The van der Waals surface area contributed by atoms with Crippen molar-refractivity contribution in [3.8, 4) is 34.0 Å². The van der Waals surface area contributed by atoms with Crippen LogP contribution in [0.3, 0.4) is 0 Å². The molecule has 4 heterocycles. The fraction of sp³-hybridized carbons (Fsp3) is 0.348. The monoisotopic (exact) mass is 421 g/mol. The zero-order valence-corrected chi connectivity index (χ0v) is 17.2. The molecule has 2 aliphatic rings. The fourth-order valence-corrected chi connectivity index (χ4v) is 3.96. The van der Waals surface area contributed by atoms with Gasteiger partial charge in [0, 0.05) is 29.9 Å². The van der Waals surface area contributed by atoms with Gasteiger partial charge in [-0.25, -0.2) is 4.79 Å². The number of nitrogens with zero attached hydrogens (tertiary/aromatic N) is 3. The third-order valence-corrected chi connectivity index (χ3v) is 5.56. The summed E-state index contributed by atoms with van der Waals surface area (Å²) < 4.78 is 23.7. The summed E-state index contributed by atoms with van der Waals surface area (Å²) in [7, 11) is 1.63. The molecular formula is C23H23N3O5. The molecule has 1 saturated heterocycles. The van der Waals surface area contributed by atoms with Crippen LogP contribution in [0.1, 0.15) is 5.56 Å². The smallest absolute Gasteiger partial charge is 0.351 e. The van der Waals surface area contributed by atoms with E-state index in [-0.39, 0.29) is 11.8 Å². The SMILES string of the molecule is COc1cncc(-c2ccc3c(c2)CCn2c-3cc(OCC3COCCO3)nc2=O)c1. The van der Waals surface area contributed by atoms with E-state index in [1.165, 1.54) is 5.56 Å². The van der Waals surface area contributed by atoms with E-state index >= 15 is 0 Å². The zero-order valence-electron chi connectivity index (χ0n) is 17.2. The van der Waals surface area contributed by atoms with Crippen LogP contribution in [0, 0.1) is 0 Å². The lowest BCUT2D eigenvalue weighted by Gasteiger charge is -2.24. The molecule has 0 radical (unpaired) electrons. The van der Waals surface area contributed by atoms with E-state index in [4.69, 9.17) is 18.9 Å². The zero-order chi connectivity index (χ0) is 21.2. The Balaban J connectivity index is 1.44. The summed E-state index contributed by atoms with van der Waals surface area (Å²) >= 11 is 0. The number of aryl methyl sites for hydroxylation is 1. The highest BCUT2D eigenvalue weighted by atomic mass is 16.6. The van der Waals surface area contributed by atoms with Crippen molar-refractivity contribution < 1.29 is 18.9 Å². The number of methoxy groups -OCH3 is 1. The minimum absolute atomic E-state index is 0.152. The normalized spacial score (nSPS) is 17.5. The lowest BCUT2D eigenvalue weighted by atomic mass is 9.93. The molecule has 1 unspecified atom stereocenters. The van der Waals surface area contributed by atoms with Crippen LogP contribution in [0.5, 0.6) is 11.6 Å². The first-order chi connectivity index (χ1) is 15.2. The van der Waals surface area contributed by atoms with Gasteiger partial charge in [-0.3, -0.25) is 9.55 Å². The van der Waals surface area contributed by atoms with Crippen molar-refractivity contribution in [3.05, 3.63) is 58.8 Å². The van der Waals surface area contributed by atoms with Crippen LogP contribution in [0.2, 0.25) is 0 Å². The van der Waals surface area contributed by atoms with E-state index in [2.05, 4.69) is 16.0 Å². The van der Waals surface area contributed by atoms with Crippen LogP contribution in [-0.2, 0) is 22.4 Å². The van der Waals surface area contributed by atoms with Gasteiger partial charge in [0.25, 0.3) is 0 Å². The highest BCUT2D eigenvalue weighted by Gasteiger charge is 2.21. The molecule has 1 aromatic carbocycles. The molecule has 3 aromatic rings.